The highest BCUT2D eigenvalue weighted by Crippen LogP contribution is 2.76. The van der Waals surface area contributed by atoms with E-state index in [1.807, 2.05) is 20.8 Å². The summed E-state index contributed by atoms with van der Waals surface area (Å²) in [7, 11) is 1.66. The Morgan fingerprint density at radius 3 is 2.50 bits per heavy atom. The molecule has 2 saturated heterocycles. The largest absolute Gasteiger partial charge is 0.461 e. The summed E-state index contributed by atoms with van der Waals surface area (Å²) in [5.41, 5.74) is -0.976. The van der Waals surface area contributed by atoms with E-state index in [4.69, 9.17) is 14.2 Å². The SMILES string of the molecule is C=C1C(=O)O[C@@H]2C3=C([C@H]4C[C@@]3(C)[C@]3(C4)C(=O)O[C@@H]4[C@H]5C(C)=CC[C@]5(O)[C@@](C)(OC)CC[C@H]43)[C@@](C)(O)CC[C@@H]12. The average Bonchev–Trinajstić information content (AvgIpc) is 3.55. The molecule has 2 saturated carbocycles. The van der Waals surface area contributed by atoms with Crippen LogP contribution in [0.1, 0.15) is 72.6 Å². The molecule has 206 valence electrons. The number of hydrogen-bond donors (Lipinski definition) is 2. The van der Waals surface area contributed by atoms with Crippen molar-refractivity contribution in [3.8, 4) is 0 Å². The fourth-order valence-corrected chi connectivity index (χ4v) is 10.7. The number of rotatable bonds is 1. The van der Waals surface area contributed by atoms with Crippen LogP contribution in [0.3, 0.4) is 0 Å². The predicted molar refractivity (Wildman–Crippen MR) is 137 cm³/mol. The number of ether oxygens (including phenoxy) is 3. The molecule has 0 radical (unpaired) electrons. The second-order valence-corrected chi connectivity index (χ2v) is 14.0. The Morgan fingerprint density at radius 1 is 1.05 bits per heavy atom. The molecule has 0 unspecified atom stereocenters. The molecule has 7 nitrogen and oxygen atoms in total. The molecule has 0 amide bonds. The van der Waals surface area contributed by atoms with E-state index in [-0.39, 0.29) is 35.6 Å². The highest BCUT2D eigenvalue weighted by molar-refractivity contribution is 5.92. The van der Waals surface area contributed by atoms with Crippen LogP contribution in [0.5, 0.6) is 0 Å². The molecule has 2 aliphatic heterocycles. The molecule has 2 heterocycles. The van der Waals surface area contributed by atoms with Crippen LogP contribution in [0.15, 0.2) is 34.9 Å². The van der Waals surface area contributed by atoms with E-state index in [1.54, 1.807) is 7.11 Å². The number of hydrogen-bond acceptors (Lipinski definition) is 7. The molecule has 2 N–H and O–H groups in total. The number of aliphatic hydroxyl groups is 2. The summed E-state index contributed by atoms with van der Waals surface area (Å²) in [5.74, 6) is -1.22. The van der Waals surface area contributed by atoms with Crippen LogP contribution in [0.4, 0.5) is 0 Å². The van der Waals surface area contributed by atoms with Crippen molar-refractivity contribution in [2.24, 2.45) is 34.5 Å². The molecule has 0 aromatic heterocycles. The molecule has 7 heteroatoms. The van der Waals surface area contributed by atoms with Gasteiger partial charge in [-0.15, -0.1) is 0 Å². The van der Waals surface area contributed by atoms with Gasteiger partial charge in [0.15, 0.2) is 0 Å². The van der Waals surface area contributed by atoms with E-state index in [1.165, 1.54) is 0 Å². The van der Waals surface area contributed by atoms with Gasteiger partial charge in [-0.3, -0.25) is 4.79 Å². The van der Waals surface area contributed by atoms with Crippen molar-refractivity contribution in [1.82, 2.24) is 0 Å². The van der Waals surface area contributed by atoms with Gasteiger partial charge in [0.25, 0.3) is 0 Å². The maximum Gasteiger partial charge on any atom is 0.334 e. The van der Waals surface area contributed by atoms with Gasteiger partial charge >= 0.3 is 11.9 Å². The Bertz CT molecular complexity index is 1240. The van der Waals surface area contributed by atoms with E-state index in [2.05, 4.69) is 19.6 Å². The summed E-state index contributed by atoms with van der Waals surface area (Å²) in [4.78, 5) is 27.0. The summed E-state index contributed by atoms with van der Waals surface area (Å²) in [6, 6.07) is 0. The van der Waals surface area contributed by atoms with Gasteiger partial charge in [0.2, 0.25) is 0 Å². The van der Waals surface area contributed by atoms with Crippen LogP contribution in [0, 0.1) is 34.5 Å². The Kier molecular flexibility index (Phi) is 4.75. The first-order valence-corrected chi connectivity index (χ1v) is 14.3. The topological polar surface area (TPSA) is 102 Å². The lowest BCUT2D eigenvalue weighted by atomic mass is 9.53. The summed E-state index contributed by atoms with van der Waals surface area (Å²) in [5, 5.41) is 23.9. The van der Waals surface area contributed by atoms with E-state index < -0.39 is 39.8 Å². The van der Waals surface area contributed by atoms with E-state index in [0.717, 1.165) is 23.1 Å². The lowest BCUT2D eigenvalue weighted by Crippen LogP contribution is -2.58. The monoisotopic (exact) mass is 524 g/mol. The molecule has 11 atom stereocenters. The zero-order valence-corrected chi connectivity index (χ0v) is 23.1. The maximum absolute atomic E-state index is 14.3. The molecule has 5 aliphatic carbocycles. The Hall–Kier alpha value is -1.96. The van der Waals surface area contributed by atoms with Crippen molar-refractivity contribution < 1.29 is 34.0 Å². The molecule has 1 spiro atoms. The molecular weight excluding hydrogens is 484 g/mol. The standard InChI is InChI=1S/C31H40O7/c1-15-7-12-31(35)20(15)24-19(9-11-29(31,5)36-6)30(26(33)38-24)14-17-13-27(30,3)22-21(17)28(4,34)10-8-18-16(2)25(32)37-23(18)22/h7,17-20,23-24,34-35H,2,8-14H2,1,3-6H3/t17-,18-,19+,20+,23-,24-,27+,28-,29-,30-,31+/m0/s1. The number of carbonyl (C=O) groups is 2. The summed E-state index contributed by atoms with van der Waals surface area (Å²) >= 11 is 0. The van der Waals surface area contributed by atoms with Crippen LogP contribution >= 0.6 is 0 Å². The van der Waals surface area contributed by atoms with Gasteiger partial charge in [-0.1, -0.05) is 25.2 Å². The van der Waals surface area contributed by atoms with Crippen LogP contribution in [-0.2, 0) is 23.8 Å². The third-order valence-electron chi connectivity index (χ3n) is 12.6. The van der Waals surface area contributed by atoms with E-state index >= 15 is 0 Å². The predicted octanol–water partition coefficient (Wildman–Crippen LogP) is 3.78. The second-order valence-electron chi connectivity index (χ2n) is 14.0. The van der Waals surface area contributed by atoms with Crippen molar-refractivity contribution in [2.75, 3.05) is 7.11 Å². The van der Waals surface area contributed by atoms with Gasteiger partial charge in [0, 0.05) is 35.9 Å². The highest BCUT2D eigenvalue weighted by Gasteiger charge is 2.78. The first-order chi connectivity index (χ1) is 17.8. The molecular formula is C31H40O7. The van der Waals surface area contributed by atoms with Crippen LogP contribution in [-0.4, -0.2) is 58.3 Å². The van der Waals surface area contributed by atoms with Crippen LogP contribution in [0.25, 0.3) is 0 Å². The summed E-state index contributed by atoms with van der Waals surface area (Å²) in [6.07, 6.45) is 5.38. The van der Waals surface area contributed by atoms with Crippen molar-refractivity contribution in [3.63, 3.8) is 0 Å². The number of fused-ring (bicyclic) bond motifs is 11. The second kappa shape index (κ2) is 7.21. The van der Waals surface area contributed by atoms with Crippen molar-refractivity contribution in [3.05, 3.63) is 34.9 Å². The maximum atomic E-state index is 14.3. The van der Waals surface area contributed by atoms with E-state index in [0.29, 0.717) is 44.1 Å². The van der Waals surface area contributed by atoms with E-state index in [9.17, 15) is 19.8 Å². The molecule has 2 bridgehead atoms. The van der Waals surface area contributed by atoms with Crippen molar-refractivity contribution >= 4 is 11.9 Å². The lowest BCUT2D eigenvalue weighted by Gasteiger charge is -2.48. The van der Waals surface area contributed by atoms with Crippen molar-refractivity contribution in [1.29, 1.82) is 0 Å². The lowest BCUT2D eigenvalue weighted by molar-refractivity contribution is -0.189. The van der Waals surface area contributed by atoms with Gasteiger partial charge < -0.3 is 24.4 Å². The fraction of sp³-hybridized carbons (Fsp3) is 0.742. The molecule has 4 fully saturated rings. The molecule has 7 aliphatic rings. The van der Waals surface area contributed by atoms with Gasteiger partial charge in [-0.05, 0) is 82.8 Å². The fourth-order valence-electron chi connectivity index (χ4n) is 10.7. The number of esters is 2. The first kappa shape index (κ1) is 25.0. The van der Waals surface area contributed by atoms with Gasteiger partial charge in [0.1, 0.15) is 17.8 Å². The minimum Gasteiger partial charge on any atom is -0.461 e. The number of methoxy groups -OCH3 is 1. The minimum atomic E-state index is -1.16. The molecule has 0 aromatic carbocycles. The highest BCUT2D eigenvalue weighted by atomic mass is 16.6. The Labute approximate surface area is 224 Å². The first-order valence-electron chi connectivity index (χ1n) is 14.3. The average molecular weight is 525 g/mol. The smallest absolute Gasteiger partial charge is 0.334 e. The Morgan fingerprint density at radius 2 is 1.79 bits per heavy atom. The van der Waals surface area contributed by atoms with Crippen LogP contribution < -0.4 is 0 Å². The van der Waals surface area contributed by atoms with Gasteiger partial charge in [-0.25, -0.2) is 4.79 Å². The molecule has 38 heavy (non-hydrogen) atoms. The van der Waals surface area contributed by atoms with Crippen LogP contribution in [0.2, 0.25) is 0 Å². The number of carbonyl (C=O) groups excluding carboxylic acids is 2. The van der Waals surface area contributed by atoms with Gasteiger partial charge in [0.05, 0.1) is 16.6 Å². The third kappa shape index (κ3) is 2.54. The minimum absolute atomic E-state index is 0.0128. The third-order valence-corrected chi connectivity index (χ3v) is 12.6. The quantitative estimate of drug-likeness (QED) is 0.306. The zero-order chi connectivity index (χ0) is 27.2. The normalized spacial score (nSPS) is 54.7. The molecule has 0 aromatic rings. The summed E-state index contributed by atoms with van der Waals surface area (Å²) in [6.45, 7) is 12.1. The zero-order valence-electron chi connectivity index (χ0n) is 23.1. The van der Waals surface area contributed by atoms with Crippen molar-refractivity contribution in [2.45, 2.75) is 102 Å². The van der Waals surface area contributed by atoms with Gasteiger partial charge in [-0.2, -0.15) is 0 Å². The summed E-state index contributed by atoms with van der Waals surface area (Å²) < 4.78 is 18.4. The molecule has 7 rings (SSSR count). The Balaban J connectivity index is 1.40.